The van der Waals surface area contributed by atoms with Crippen molar-refractivity contribution < 1.29 is 18.7 Å². The van der Waals surface area contributed by atoms with E-state index in [1.165, 1.54) is 6.26 Å². The number of benzene rings is 2. The Morgan fingerprint density at radius 3 is 2.62 bits per heavy atom. The van der Waals surface area contributed by atoms with E-state index in [1.54, 1.807) is 26.3 Å². The molecule has 0 radical (unpaired) electrons. The summed E-state index contributed by atoms with van der Waals surface area (Å²) in [5.41, 5.74) is 6.62. The summed E-state index contributed by atoms with van der Waals surface area (Å²) < 4.78 is 16.8. The number of rotatable bonds is 8. The first-order valence-electron chi connectivity index (χ1n) is 10.3. The third-order valence-electron chi connectivity index (χ3n) is 5.08. The van der Waals surface area contributed by atoms with Crippen molar-refractivity contribution in [3.05, 3.63) is 81.3 Å². The molecule has 0 spiro atoms. The Morgan fingerprint density at radius 1 is 1.19 bits per heavy atom. The van der Waals surface area contributed by atoms with Gasteiger partial charge in [-0.15, -0.1) is 0 Å². The summed E-state index contributed by atoms with van der Waals surface area (Å²) in [5, 5.41) is 4.78. The molecule has 0 aliphatic heterocycles. The molecule has 0 unspecified atom stereocenters. The predicted octanol–water partition coefficient (Wildman–Crippen LogP) is 6.02. The molecule has 3 aromatic rings. The molecule has 1 amide bonds. The van der Waals surface area contributed by atoms with Crippen LogP contribution in [0, 0.1) is 13.8 Å². The fourth-order valence-corrected chi connectivity index (χ4v) is 3.41. The van der Waals surface area contributed by atoms with E-state index in [0.29, 0.717) is 23.7 Å². The van der Waals surface area contributed by atoms with Gasteiger partial charge >= 0.3 is 0 Å². The number of methoxy groups -OCH3 is 1. The highest BCUT2D eigenvalue weighted by molar-refractivity contribution is 6.31. The van der Waals surface area contributed by atoms with Gasteiger partial charge < -0.3 is 13.9 Å². The molecule has 0 fully saturated rings. The summed E-state index contributed by atoms with van der Waals surface area (Å²) >= 11 is 6.30. The molecule has 1 N–H and O–H groups in total. The number of carbonyl (C=O) groups is 1. The average Bonchev–Trinajstić information content (AvgIpc) is 3.20. The Labute approximate surface area is 193 Å². The molecule has 0 saturated heterocycles. The third-order valence-corrected chi connectivity index (χ3v) is 5.49. The number of furan rings is 1. The molecule has 1 heterocycles. The van der Waals surface area contributed by atoms with Gasteiger partial charge in [-0.25, -0.2) is 5.43 Å². The minimum absolute atomic E-state index is 0.269. The lowest BCUT2D eigenvalue weighted by molar-refractivity contribution is 0.0953. The van der Waals surface area contributed by atoms with Gasteiger partial charge in [0, 0.05) is 10.6 Å². The van der Waals surface area contributed by atoms with E-state index >= 15 is 0 Å². The lowest BCUT2D eigenvalue weighted by atomic mass is 10.0. The van der Waals surface area contributed by atoms with Gasteiger partial charge in [-0.3, -0.25) is 4.79 Å². The van der Waals surface area contributed by atoms with Crippen LogP contribution >= 0.6 is 11.6 Å². The number of carbonyl (C=O) groups excluding carboxylic acids is 1. The standard InChI is InChI=1S/C25H27ClN2O4/c1-15(2)21-12-22(26)16(3)10-24(21)32-14-19-11-18(6-7-23(19)30-5)13-27-28-25(29)20-8-9-31-17(20)4/h6-13,15H,14H2,1-5H3,(H,28,29). The van der Waals surface area contributed by atoms with Crippen molar-refractivity contribution in [1.29, 1.82) is 0 Å². The van der Waals surface area contributed by atoms with Crippen molar-refractivity contribution in [3.63, 3.8) is 0 Å². The van der Waals surface area contributed by atoms with Crippen LogP contribution in [0.2, 0.25) is 5.02 Å². The Morgan fingerprint density at radius 2 is 1.97 bits per heavy atom. The maximum absolute atomic E-state index is 12.1. The summed E-state index contributed by atoms with van der Waals surface area (Å²) in [7, 11) is 1.62. The summed E-state index contributed by atoms with van der Waals surface area (Å²) in [6.45, 7) is 8.19. The largest absolute Gasteiger partial charge is 0.496 e. The SMILES string of the molecule is COc1ccc(C=NNC(=O)c2ccoc2C)cc1COc1cc(C)c(Cl)cc1C(C)C. The zero-order valence-corrected chi connectivity index (χ0v) is 19.6. The van der Waals surface area contributed by atoms with Gasteiger partial charge in [-0.05, 0) is 72.9 Å². The van der Waals surface area contributed by atoms with Crippen molar-refractivity contribution in [2.45, 2.75) is 40.2 Å². The molecular formula is C25H27ClN2O4. The normalized spacial score (nSPS) is 11.2. The van der Waals surface area contributed by atoms with Crippen LogP contribution in [0.25, 0.3) is 0 Å². The van der Waals surface area contributed by atoms with Crippen molar-refractivity contribution in [3.8, 4) is 11.5 Å². The molecule has 0 atom stereocenters. The topological polar surface area (TPSA) is 73.1 Å². The number of amides is 1. The van der Waals surface area contributed by atoms with Crippen LogP contribution in [0.3, 0.4) is 0 Å². The molecule has 2 aromatic carbocycles. The van der Waals surface area contributed by atoms with Gasteiger partial charge in [0.25, 0.3) is 5.91 Å². The minimum atomic E-state index is -0.330. The Kier molecular flexibility index (Phi) is 7.59. The summed E-state index contributed by atoms with van der Waals surface area (Å²) in [4.78, 5) is 12.1. The number of ether oxygens (including phenoxy) is 2. The van der Waals surface area contributed by atoms with Crippen molar-refractivity contribution >= 4 is 23.7 Å². The molecule has 1 aromatic heterocycles. The Balaban J connectivity index is 1.75. The number of aryl methyl sites for hydroxylation is 2. The van der Waals surface area contributed by atoms with E-state index in [0.717, 1.165) is 33.0 Å². The molecule has 168 valence electrons. The Hall–Kier alpha value is -3.25. The highest BCUT2D eigenvalue weighted by Gasteiger charge is 2.13. The van der Waals surface area contributed by atoms with Gasteiger partial charge in [-0.2, -0.15) is 5.10 Å². The van der Waals surface area contributed by atoms with Crippen molar-refractivity contribution in [1.82, 2.24) is 5.43 Å². The van der Waals surface area contributed by atoms with Crippen LogP contribution < -0.4 is 14.9 Å². The zero-order chi connectivity index (χ0) is 23.3. The maximum atomic E-state index is 12.1. The van der Waals surface area contributed by atoms with E-state index < -0.39 is 0 Å². The van der Waals surface area contributed by atoms with E-state index in [1.807, 2.05) is 37.3 Å². The van der Waals surface area contributed by atoms with E-state index in [2.05, 4.69) is 24.4 Å². The molecule has 7 heteroatoms. The highest BCUT2D eigenvalue weighted by Crippen LogP contribution is 2.33. The van der Waals surface area contributed by atoms with E-state index in [-0.39, 0.29) is 11.8 Å². The first-order valence-corrected chi connectivity index (χ1v) is 10.6. The van der Waals surface area contributed by atoms with Gasteiger partial charge in [0.15, 0.2) is 0 Å². The molecule has 0 aliphatic carbocycles. The second kappa shape index (κ2) is 10.4. The third kappa shape index (κ3) is 5.51. The summed E-state index contributed by atoms with van der Waals surface area (Å²) in [6, 6.07) is 11.1. The minimum Gasteiger partial charge on any atom is -0.496 e. The molecule has 32 heavy (non-hydrogen) atoms. The monoisotopic (exact) mass is 454 g/mol. The number of halogens is 1. The molecular weight excluding hydrogens is 428 g/mol. The van der Waals surface area contributed by atoms with Crippen molar-refractivity contribution in [2.24, 2.45) is 5.10 Å². The lowest BCUT2D eigenvalue weighted by Gasteiger charge is -2.17. The van der Waals surface area contributed by atoms with Crippen LogP contribution in [0.15, 0.2) is 52.2 Å². The first kappa shape index (κ1) is 23.4. The lowest BCUT2D eigenvalue weighted by Crippen LogP contribution is -2.17. The number of nitrogens with one attached hydrogen (secondary N) is 1. The fourth-order valence-electron chi connectivity index (χ4n) is 3.24. The first-order chi connectivity index (χ1) is 15.3. The number of hydrogen-bond donors (Lipinski definition) is 1. The molecule has 0 bridgehead atoms. The van der Waals surface area contributed by atoms with Gasteiger partial charge in [0.2, 0.25) is 0 Å². The maximum Gasteiger partial charge on any atom is 0.274 e. The fraction of sp³-hybridized carbons (Fsp3) is 0.280. The molecule has 0 aliphatic rings. The smallest absolute Gasteiger partial charge is 0.274 e. The number of hydrazone groups is 1. The summed E-state index contributed by atoms with van der Waals surface area (Å²) in [5.74, 6) is 1.98. The number of hydrogen-bond acceptors (Lipinski definition) is 5. The Bertz CT molecular complexity index is 1130. The quantitative estimate of drug-likeness (QED) is 0.333. The molecule has 6 nitrogen and oxygen atoms in total. The van der Waals surface area contributed by atoms with Gasteiger partial charge in [-0.1, -0.05) is 25.4 Å². The van der Waals surface area contributed by atoms with E-state index in [4.69, 9.17) is 25.5 Å². The predicted molar refractivity (Wildman–Crippen MR) is 126 cm³/mol. The van der Waals surface area contributed by atoms with E-state index in [9.17, 15) is 4.79 Å². The van der Waals surface area contributed by atoms with Crippen LogP contribution in [0.1, 0.15) is 58.1 Å². The zero-order valence-electron chi connectivity index (χ0n) is 18.9. The van der Waals surface area contributed by atoms with Crippen LogP contribution in [0.5, 0.6) is 11.5 Å². The summed E-state index contributed by atoms with van der Waals surface area (Å²) in [6.07, 6.45) is 3.04. The second-order valence-electron chi connectivity index (χ2n) is 7.74. The van der Waals surface area contributed by atoms with Crippen LogP contribution in [-0.2, 0) is 6.61 Å². The van der Waals surface area contributed by atoms with Crippen LogP contribution in [0.4, 0.5) is 0 Å². The molecule has 0 saturated carbocycles. The van der Waals surface area contributed by atoms with Crippen molar-refractivity contribution in [2.75, 3.05) is 7.11 Å². The van der Waals surface area contributed by atoms with Crippen LogP contribution in [-0.4, -0.2) is 19.2 Å². The van der Waals surface area contributed by atoms with Gasteiger partial charge in [0.1, 0.15) is 23.9 Å². The van der Waals surface area contributed by atoms with Gasteiger partial charge in [0.05, 0.1) is 25.2 Å². The second-order valence-corrected chi connectivity index (χ2v) is 8.15. The highest BCUT2D eigenvalue weighted by atomic mass is 35.5. The average molecular weight is 455 g/mol. The molecule has 3 rings (SSSR count). The number of nitrogens with zero attached hydrogens (tertiary/aromatic N) is 1.